The maximum atomic E-state index is 10.7. The molecule has 4 nitrogen and oxygen atoms in total. The van der Waals surface area contributed by atoms with Gasteiger partial charge in [0.2, 0.25) is 0 Å². The van der Waals surface area contributed by atoms with Gasteiger partial charge < -0.3 is 10.4 Å². The molecule has 94 valence electrons. The maximum Gasteiger partial charge on any atom is 0.309 e. The quantitative estimate of drug-likeness (QED) is 0.867. The summed E-state index contributed by atoms with van der Waals surface area (Å²) >= 11 is 1.56. The molecule has 0 bridgehead atoms. The van der Waals surface area contributed by atoms with Gasteiger partial charge >= 0.3 is 5.97 Å². The Hall–Kier alpha value is -1.10. The van der Waals surface area contributed by atoms with Gasteiger partial charge in [-0.05, 0) is 19.8 Å². The zero-order valence-electron chi connectivity index (χ0n) is 10.0. The van der Waals surface area contributed by atoms with Crippen LogP contribution in [0.2, 0.25) is 0 Å². The van der Waals surface area contributed by atoms with E-state index in [-0.39, 0.29) is 6.42 Å². The number of nitrogens with one attached hydrogen (secondary N) is 1. The molecule has 0 amide bonds. The minimum absolute atomic E-state index is 0.0225. The first kappa shape index (κ1) is 12.4. The van der Waals surface area contributed by atoms with Crippen molar-refractivity contribution >= 4 is 22.4 Å². The van der Waals surface area contributed by atoms with E-state index in [4.69, 9.17) is 5.11 Å². The maximum absolute atomic E-state index is 10.7. The first-order valence-corrected chi connectivity index (χ1v) is 6.91. The molecule has 1 aromatic rings. The van der Waals surface area contributed by atoms with Crippen LogP contribution >= 0.6 is 11.3 Å². The van der Waals surface area contributed by atoms with Gasteiger partial charge in [-0.15, -0.1) is 11.3 Å². The molecular formula is C12H18N2O2S. The average Bonchev–Trinajstić information content (AvgIpc) is 2.59. The second kappa shape index (κ2) is 5.49. The highest BCUT2D eigenvalue weighted by atomic mass is 32.1. The zero-order valence-corrected chi connectivity index (χ0v) is 10.8. The van der Waals surface area contributed by atoms with Crippen molar-refractivity contribution in [3.63, 3.8) is 0 Å². The van der Waals surface area contributed by atoms with Gasteiger partial charge in [0, 0.05) is 10.9 Å². The first-order valence-electron chi connectivity index (χ1n) is 6.10. The monoisotopic (exact) mass is 254 g/mol. The fourth-order valence-corrected chi connectivity index (χ4v) is 3.13. The van der Waals surface area contributed by atoms with E-state index >= 15 is 0 Å². The van der Waals surface area contributed by atoms with Crippen LogP contribution in [0.1, 0.15) is 42.7 Å². The number of aryl methyl sites for hydroxylation is 1. The third-order valence-corrected chi connectivity index (χ3v) is 4.09. The fraction of sp³-hybridized carbons (Fsp3) is 0.667. The molecule has 5 heteroatoms. The van der Waals surface area contributed by atoms with Crippen LogP contribution in [0.5, 0.6) is 0 Å². The molecule has 1 saturated carbocycles. The highest BCUT2D eigenvalue weighted by Gasteiger charge is 2.16. The van der Waals surface area contributed by atoms with Gasteiger partial charge in [0.15, 0.2) is 5.13 Å². The molecule has 1 aliphatic rings. The van der Waals surface area contributed by atoms with Gasteiger partial charge in [0.1, 0.15) is 0 Å². The van der Waals surface area contributed by atoms with Crippen molar-refractivity contribution < 1.29 is 9.90 Å². The number of thiazole rings is 1. The lowest BCUT2D eigenvalue weighted by molar-refractivity contribution is -0.136. The minimum Gasteiger partial charge on any atom is -0.481 e. The van der Waals surface area contributed by atoms with E-state index in [0.29, 0.717) is 11.7 Å². The van der Waals surface area contributed by atoms with Gasteiger partial charge in [-0.1, -0.05) is 19.3 Å². The minimum atomic E-state index is -0.817. The van der Waals surface area contributed by atoms with Crippen molar-refractivity contribution in [3.8, 4) is 0 Å². The summed E-state index contributed by atoms with van der Waals surface area (Å²) < 4.78 is 0. The molecule has 0 aliphatic heterocycles. The van der Waals surface area contributed by atoms with E-state index in [1.54, 1.807) is 11.3 Å². The number of aliphatic carboxylic acids is 1. The average molecular weight is 254 g/mol. The van der Waals surface area contributed by atoms with Crippen LogP contribution in [-0.2, 0) is 11.2 Å². The second-order valence-corrected chi connectivity index (χ2v) is 5.77. The third-order valence-electron chi connectivity index (χ3n) is 3.14. The fourth-order valence-electron chi connectivity index (χ4n) is 2.22. The summed E-state index contributed by atoms with van der Waals surface area (Å²) in [6.45, 7) is 1.93. The van der Waals surface area contributed by atoms with Gasteiger partial charge in [-0.2, -0.15) is 0 Å². The number of nitrogens with zero attached hydrogens (tertiary/aromatic N) is 1. The largest absolute Gasteiger partial charge is 0.481 e. The van der Waals surface area contributed by atoms with Crippen LogP contribution in [-0.4, -0.2) is 22.1 Å². The lowest BCUT2D eigenvalue weighted by atomic mass is 9.96. The van der Waals surface area contributed by atoms with Gasteiger partial charge in [-0.3, -0.25) is 4.79 Å². The normalized spacial score (nSPS) is 17.0. The molecule has 0 spiro atoms. The predicted molar refractivity (Wildman–Crippen MR) is 68.7 cm³/mol. The van der Waals surface area contributed by atoms with E-state index in [9.17, 15) is 4.79 Å². The summed E-state index contributed by atoms with van der Waals surface area (Å²) in [7, 11) is 0. The molecule has 2 N–H and O–H groups in total. The highest BCUT2D eigenvalue weighted by molar-refractivity contribution is 7.15. The molecule has 1 heterocycles. The smallest absolute Gasteiger partial charge is 0.309 e. The van der Waals surface area contributed by atoms with E-state index < -0.39 is 5.97 Å². The van der Waals surface area contributed by atoms with Crippen molar-refractivity contribution in [2.24, 2.45) is 0 Å². The highest BCUT2D eigenvalue weighted by Crippen LogP contribution is 2.26. The lowest BCUT2D eigenvalue weighted by Crippen LogP contribution is -2.22. The van der Waals surface area contributed by atoms with E-state index in [0.717, 1.165) is 10.0 Å². The van der Waals surface area contributed by atoms with E-state index in [1.165, 1.54) is 32.1 Å². The molecule has 1 aliphatic carbocycles. The van der Waals surface area contributed by atoms with Crippen LogP contribution in [0.4, 0.5) is 5.13 Å². The first-order chi connectivity index (χ1) is 8.15. The Morgan fingerprint density at radius 1 is 1.47 bits per heavy atom. The van der Waals surface area contributed by atoms with Crippen LogP contribution < -0.4 is 5.32 Å². The van der Waals surface area contributed by atoms with Crippen LogP contribution in [0.25, 0.3) is 0 Å². The topological polar surface area (TPSA) is 62.2 Å². The molecule has 1 aromatic heterocycles. The van der Waals surface area contributed by atoms with Gasteiger partial charge in [0.25, 0.3) is 0 Å². The number of carboxylic acids is 1. The Bertz CT molecular complexity index is 397. The molecule has 0 aromatic carbocycles. The molecule has 0 saturated heterocycles. The third kappa shape index (κ3) is 3.43. The van der Waals surface area contributed by atoms with Crippen LogP contribution in [0.15, 0.2) is 0 Å². The van der Waals surface area contributed by atoms with E-state index in [2.05, 4.69) is 10.3 Å². The molecule has 0 unspecified atom stereocenters. The summed E-state index contributed by atoms with van der Waals surface area (Å²) in [5.74, 6) is -0.817. The van der Waals surface area contributed by atoms with E-state index in [1.807, 2.05) is 6.92 Å². The Morgan fingerprint density at radius 3 is 2.82 bits per heavy atom. The van der Waals surface area contributed by atoms with Crippen molar-refractivity contribution in [1.29, 1.82) is 0 Å². The number of hydrogen-bond acceptors (Lipinski definition) is 4. The lowest BCUT2D eigenvalue weighted by Gasteiger charge is -2.22. The summed E-state index contributed by atoms with van der Waals surface area (Å²) in [4.78, 5) is 16.0. The number of carbonyl (C=O) groups is 1. The summed E-state index contributed by atoms with van der Waals surface area (Å²) in [5.41, 5.74) is 0.695. The Labute approximate surface area is 105 Å². The van der Waals surface area contributed by atoms with Crippen molar-refractivity contribution in [1.82, 2.24) is 4.98 Å². The number of anilines is 1. The summed E-state index contributed by atoms with van der Waals surface area (Å²) in [6.07, 6.45) is 6.32. The Balaban J connectivity index is 1.98. The number of aromatic nitrogens is 1. The summed E-state index contributed by atoms with van der Waals surface area (Å²) in [6, 6.07) is 0.520. The SMILES string of the molecule is Cc1sc(NC2CCCCC2)nc1CC(=O)O. The molecule has 0 atom stereocenters. The molecule has 0 radical (unpaired) electrons. The van der Waals surface area contributed by atoms with Crippen molar-refractivity contribution in [3.05, 3.63) is 10.6 Å². The number of hydrogen-bond donors (Lipinski definition) is 2. The molecule has 2 rings (SSSR count). The zero-order chi connectivity index (χ0) is 12.3. The number of carboxylic acid groups (broad SMARTS) is 1. The standard InChI is InChI=1S/C12H18N2O2S/c1-8-10(7-11(15)16)14-12(17-8)13-9-5-3-2-4-6-9/h9H,2-7H2,1H3,(H,13,14)(H,15,16). The predicted octanol–water partition coefficient (Wildman–Crippen LogP) is 2.82. The molecule has 17 heavy (non-hydrogen) atoms. The Morgan fingerprint density at radius 2 is 2.18 bits per heavy atom. The summed E-state index contributed by atoms with van der Waals surface area (Å²) in [5, 5.41) is 13.1. The number of rotatable bonds is 4. The molecule has 1 fully saturated rings. The Kier molecular flexibility index (Phi) is 3.99. The second-order valence-electron chi connectivity index (χ2n) is 4.57. The van der Waals surface area contributed by atoms with Gasteiger partial charge in [-0.25, -0.2) is 4.98 Å². The van der Waals surface area contributed by atoms with Crippen LogP contribution in [0, 0.1) is 6.92 Å². The van der Waals surface area contributed by atoms with Crippen LogP contribution in [0.3, 0.4) is 0 Å². The van der Waals surface area contributed by atoms with Crippen molar-refractivity contribution in [2.45, 2.75) is 51.5 Å². The molecular weight excluding hydrogens is 236 g/mol. The van der Waals surface area contributed by atoms with Gasteiger partial charge in [0.05, 0.1) is 12.1 Å². The van der Waals surface area contributed by atoms with Crippen molar-refractivity contribution in [2.75, 3.05) is 5.32 Å².